The molecule has 0 N–H and O–H groups in total. The standard InChI is InChI=1S/C10H27OSi4/c1-8(2)9(3,4)10(5,6)11-15(7)13-12-14-15/h12-14H2,1-7H3. The molecular weight excluding hydrogens is 248 g/mol. The molecule has 0 saturated carbocycles. The first-order valence-corrected chi connectivity index (χ1v) is 21.2. The zero-order valence-electron chi connectivity index (χ0n) is 11.5. The van der Waals surface area contributed by atoms with Gasteiger partial charge in [0.05, 0.1) is 5.60 Å². The van der Waals surface area contributed by atoms with Crippen molar-refractivity contribution in [1.29, 1.82) is 0 Å². The molecule has 1 heterocycles. The van der Waals surface area contributed by atoms with E-state index in [1.54, 1.807) is 0 Å². The Labute approximate surface area is 103 Å². The van der Waals surface area contributed by atoms with Crippen LogP contribution in [0.3, 0.4) is 0 Å². The van der Waals surface area contributed by atoms with Crippen molar-refractivity contribution in [3.8, 4) is 0 Å². The van der Waals surface area contributed by atoms with Gasteiger partial charge >= 0.3 is 0 Å². The van der Waals surface area contributed by atoms with Crippen molar-refractivity contribution in [1.82, 2.24) is 0 Å². The number of hydrogen-bond donors (Lipinski definition) is 0. The van der Waals surface area contributed by atoms with Gasteiger partial charge in [-0.25, -0.2) is 0 Å². The Hall–Kier alpha value is 0.828. The van der Waals surface area contributed by atoms with E-state index in [0.29, 0.717) is 25.7 Å². The highest BCUT2D eigenvalue weighted by Crippen LogP contribution is 2.42. The van der Waals surface area contributed by atoms with Gasteiger partial charge in [0.25, 0.3) is 0 Å². The zero-order valence-corrected chi connectivity index (χ0v) is 16.8. The fourth-order valence-electron chi connectivity index (χ4n) is 2.12. The maximum Gasteiger partial charge on any atom is 0.146 e. The molecule has 1 fully saturated rings. The van der Waals surface area contributed by atoms with Gasteiger partial charge in [-0.05, 0) is 33.7 Å². The number of hydrogen-bond acceptors (Lipinski definition) is 1. The summed E-state index contributed by atoms with van der Waals surface area (Å²) in [6.07, 6.45) is 0. The molecule has 1 nitrogen and oxygen atoms in total. The van der Waals surface area contributed by atoms with E-state index in [1.165, 1.54) is 5.92 Å². The molecule has 0 unspecified atom stereocenters. The summed E-state index contributed by atoms with van der Waals surface area (Å²) < 4.78 is 6.66. The molecule has 15 heavy (non-hydrogen) atoms. The maximum absolute atomic E-state index is 6.66. The molecule has 0 spiro atoms. The van der Waals surface area contributed by atoms with Crippen molar-refractivity contribution in [3.63, 3.8) is 0 Å². The Kier molecular flexibility index (Phi) is 3.94. The van der Waals surface area contributed by atoms with Crippen LogP contribution in [-0.2, 0) is 4.43 Å². The van der Waals surface area contributed by atoms with E-state index in [9.17, 15) is 0 Å². The highest BCUT2D eigenvalue weighted by Gasteiger charge is 2.48. The lowest BCUT2D eigenvalue weighted by Gasteiger charge is -2.51. The van der Waals surface area contributed by atoms with Crippen molar-refractivity contribution in [3.05, 3.63) is 5.92 Å². The summed E-state index contributed by atoms with van der Waals surface area (Å²) in [6.45, 7) is 16.4. The normalized spacial score (nSPS) is 32.8. The van der Waals surface area contributed by atoms with Crippen molar-refractivity contribution < 1.29 is 4.43 Å². The molecule has 0 aromatic carbocycles. The highest BCUT2D eigenvalue weighted by atomic mass is 30.1. The van der Waals surface area contributed by atoms with Gasteiger partial charge in [-0.3, -0.25) is 0 Å². The minimum Gasteiger partial charge on any atom is -0.419 e. The van der Waals surface area contributed by atoms with Gasteiger partial charge in [-0.1, -0.05) is 34.2 Å². The lowest BCUT2D eigenvalue weighted by Crippen LogP contribution is -2.69. The van der Waals surface area contributed by atoms with E-state index in [2.05, 4.69) is 48.1 Å². The average molecular weight is 276 g/mol. The topological polar surface area (TPSA) is 9.23 Å². The molecule has 1 rings (SSSR count). The van der Waals surface area contributed by atoms with Gasteiger partial charge < -0.3 is 4.43 Å². The second-order valence-corrected chi connectivity index (χ2v) is 43.8. The minimum atomic E-state index is -0.962. The summed E-state index contributed by atoms with van der Waals surface area (Å²) in [6, 6.07) is 0. The molecular formula is C10H27OSi4. The van der Waals surface area contributed by atoms with Crippen LogP contribution in [0.2, 0.25) is 6.55 Å². The van der Waals surface area contributed by atoms with E-state index in [0.717, 1.165) is 0 Å². The fourth-order valence-corrected chi connectivity index (χ4v) is 62.4. The van der Waals surface area contributed by atoms with Crippen LogP contribution >= 0.6 is 0 Å². The Balaban J connectivity index is 2.73. The monoisotopic (exact) mass is 275 g/mol. The van der Waals surface area contributed by atoms with Gasteiger partial charge in [0.15, 0.2) is 0 Å². The zero-order chi connectivity index (χ0) is 11.9. The minimum absolute atomic E-state index is 0.0711. The van der Waals surface area contributed by atoms with Crippen molar-refractivity contribution >= 4 is 33.0 Å². The van der Waals surface area contributed by atoms with Gasteiger partial charge in [-0.15, -0.1) is 0 Å². The Morgan fingerprint density at radius 1 is 1.07 bits per heavy atom. The first-order valence-electron chi connectivity index (χ1n) is 6.12. The maximum atomic E-state index is 6.66. The lowest BCUT2D eigenvalue weighted by atomic mass is 9.69. The Bertz CT molecular complexity index is 234. The Morgan fingerprint density at radius 3 is 1.80 bits per heavy atom. The summed E-state index contributed by atoms with van der Waals surface area (Å²) in [5, 5.41) is 0. The molecule has 1 radical (unpaired) electrons. The molecule has 0 atom stereocenters. The SMILES string of the molecule is C[C](C)C(C)(C)C(C)(C)O[Si]1(C)[SiH2][SiH2][SiH2]1. The predicted octanol–water partition coefficient (Wildman–Crippen LogP) is 0.341. The van der Waals surface area contributed by atoms with Crippen molar-refractivity contribution in [2.75, 3.05) is 0 Å². The van der Waals surface area contributed by atoms with Crippen LogP contribution in [0.5, 0.6) is 0 Å². The van der Waals surface area contributed by atoms with Gasteiger partial charge in [0.2, 0.25) is 0 Å². The van der Waals surface area contributed by atoms with Gasteiger partial charge in [-0.2, -0.15) is 0 Å². The molecule has 1 saturated heterocycles. The quantitative estimate of drug-likeness (QED) is 0.673. The Morgan fingerprint density at radius 2 is 1.53 bits per heavy atom. The molecule has 5 heteroatoms. The van der Waals surface area contributed by atoms with E-state index in [-0.39, 0.29) is 11.0 Å². The van der Waals surface area contributed by atoms with Crippen molar-refractivity contribution in [2.24, 2.45) is 5.41 Å². The van der Waals surface area contributed by atoms with Crippen LogP contribution < -0.4 is 0 Å². The largest absolute Gasteiger partial charge is 0.419 e. The van der Waals surface area contributed by atoms with Crippen LogP contribution in [0.4, 0.5) is 0 Å². The molecule has 0 aliphatic carbocycles. The first kappa shape index (κ1) is 13.9. The van der Waals surface area contributed by atoms with E-state index in [4.69, 9.17) is 4.43 Å². The predicted molar refractivity (Wildman–Crippen MR) is 80.8 cm³/mol. The van der Waals surface area contributed by atoms with Gasteiger partial charge in [0.1, 0.15) is 7.35 Å². The van der Waals surface area contributed by atoms with Crippen molar-refractivity contribution in [2.45, 2.75) is 53.7 Å². The van der Waals surface area contributed by atoms with Crippen LogP contribution in [0, 0.1) is 11.3 Å². The highest BCUT2D eigenvalue weighted by molar-refractivity contribution is 7.85. The summed E-state index contributed by atoms with van der Waals surface area (Å²) in [4.78, 5) is 0. The summed E-state index contributed by atoms with van der Waals surface area (Å²) in [5.74, 6) is 1.50. The molecule has 1 aliphatic heterocycles. The number of rotatable bonds is 4. The summed E-state index contributed by atoms with van der Waals surface area (Å²) in [5.41, 5.74) is 0.296. The first-order chi connectivity index (χ1) is 6.61. The second-order valence-electron chi connectivity index (χ2n) is 6.54. The van der Waals surface area contributed by atoms with E-state index >= 15 is 0 Å². The molecule has 0 bridgehead atoms. The fraction of sp³-hybridized carbons (Fsp3) is 0.900. The molecule has 0 aromatic heterocycles. The summed E-state index contributed by atoms with van der Waals surface area (Å²) >= 11 is 0. The van der Waals surface area contributed by atoms with Crippen LogP contribution in [0.15, 0.2) is 0 Å². The van der Waals surface area contributed by atoms with Gasteiger partial charge in [0, 0.05) is 17.1 Å². The lowest BCUT2D eigenvalue weighted by molar-refractivity contribution is -0.00238. The molecule has 89 valence electrons. The van der Waals surface area contributed by atoms with E-state index < -0.39 is 7.35 Å². The van der Waals surface area contributed by atoms with Crippen LogP contribution in [-0.4, -0.2) is 38.6 Å². The van der Waals surface area contributed by atoms with E-state index in [1.807, 2.05) is 0 Å². The van der Waals surface area contributed by atoms with Crippen LogP contribution in [0.1, 0.15) is 41.5 Å². The third-order valence-electron chi connectivity index (χ3n) is 4.67. The van der Waals surface area contributed by atoms with Crippen LogP contribution in [0.25, 0.3) is 0 Å². The molecule has 1 aliphatic rings. The average Bonchev–Trinajstić information content (AvgIpc) is 2.00. The summed E-state index contributed by atoms with van der Waals surface area (Å²) in [7, 11) is 0.351. The third kappa shape index (κ3) is 2.74. The molecule has 0 aromatic rings. The second kappa shape index (κ2) is 4.25. The smallest absolute Gasteiger partial charge is 0.146 e. The molecule has 0 amide bonds. The third-order valence-corrected chi connectivity index (χ3v) is 81.4.